The summed E-state index contributed by atoms with van der Waals surface area (Å²) < 4.78 is 0. The van der Waals surface area contributed by atoms with E-state index in [2.05, 4.69) is 30.4 Å². The topological polar surface area (TPSA) is 26.0 Å². The number of hydrogen-bond donors (Lipinski definition) is 1. The molecule has 0 heterocycles. The molecule has 0 aliphatic heterocycles. The van der Waals surface area contributed by atoms with E-state index in [0.717, 1.165) is 0 Å². The molecule has 0 aromatic carbocycles. The minimum absolute atomic E-state index is 0.220. The molecule has 0 saturated heterocycles. The van der Waals surface area contributed by atoms with Gasteiger partial charge in [0.1, 0.15) is 0 Å². The molecule has 0 amide bonds. The Morgan fingerprint density at radius 1 is 1.08 bits per heavy atom. The lowest BCUT2D eigenvalue weighted by atomic mass is 9.79. The standard InChI is InChI=1S/C12H17N/c13-12-9-5-4-8-11(12)10-6-2-1-3-7-10/h2,4-6,8-12H,1,3,7,13H2/t10-,11?,12?/m1/s1. The Balaban J connectivity index is 2.06. The van der Waals surface area contributed by atoms with Crippen LogP contribution in [0.25, 0.3) is 0 Å². The van der Waals surface area contributed by atoms with Gasteiger partial charge in [-0.2, -0.15) is 0 Å². The third kappa shape index (κ3) is 1.92. The Morgan fingerprint density at radius 3 is 2.62 bits per heavy atom. The fourth-order valence-corrected chi connectivity index (χ4v) is 2.23. The third-order valence-corrected chi connectivity index (χ3v) is 3.01. The lowest BCUT2D eigenvalue weighted by molar-refractivity contribution is 0.390. The lowest BCUT2D eigenvalue weighted by Gasteiger charge is -2.29. The largest absolute Gasteiger partial charge is 0.324 e. The van der Waals surface area contributed by atoms with E-state index in [1.54, 1.807) is 0 Å². The molecule has 1 nitrogen and oxygen atoms in total. The number of allylic oxidation sites excluding steroid dienone is 4. The van der Waals surface area contributed by atoms with Crippen LogP contribution in [0, 0.1) is 11.8 Å². The van der Waals surface area contributed by atoms with Gasteiger partial charge in [-0.15, -0.1) is 0 Å². The van der Waals surface area contributed by atoms with Crippen molar-refractivity contribution in [1.29, 1.82) is 0 Å². The van der Waals surface area contributed by atoms with Gasteiger partial charge >= 0.3 is 0 Å². The summed E-state index contributed by atoms with van der Waals surface area (Å²) in [4.78, 5) is 0. The maximum Gasteiger partial charge on any atom is 0.0296 e. The van der Waals surface area contributed by atoms with E-state index in [0.29, 0.717) is 11.8 Å². The van der Waals surface area contributed by atoms with Crippen LogP contribution in [0.1, 0.15) is 19.3 Å². The highest BCUT2D eigenvalue weighted by Crippen LogP contribution is 2.29. The maximum absolute atomic E-state index is 6.04. The van der Waals surface area contributed by atoms with Crippen LogP contribution in [0.3, 0.4) is 0 Å². The first kappa shape index (κ1) is 8.76. The molecule has 0 bridgehead atoms. The number of hydrogen-bond acceptors (Lipinski definition) is 1. The van der Waals surface area contributed by atoms with Crippen molar-refractivity contribution in [2.45, 2.75) is 25.3 Å². The zero-order chi connectivity index (χ0) is 9.10. The van der Waals surface area contributed by atoms with Crippen molar-refractivity contribution in [3.63, 3.8) is 0 Å². The van der Waals surface area contributed by atoms with Gasteiger partial charge in [0.15, 0.2) is 0 Å². The average Bonchev–Trinajstić information content (AvgIpc) is 2.20. The van der Waals surface area contributed by atoms with Crippen LogP contribution in [-0.2, 0) is 0 Å². The Morgan fingerprint density at radius 2 is 1.92 bits per heavy atom. The van der Waals surface area contributed by atoms with Gasteiger partial charge in [0.25, 0.3) is 0 Å². The first-order valence-electron chi connectivity index (χ1n) is 5.15. The Hall–Kier alpha value is -0.820. The van der Waals surface area contributed by atoms with Gasteiger partial charge in [0.05, 0.1) is 0 Å². The molecule has 0 saturated carbocycles. The molecule has 3 atom stereocenters. The molecule has 13 heavy (non-hydrogen) atoms. The monoisotopic (exact) mass is 175 g/mol. The molecule has 0 spiro atoms. The maximum atomic E-state index is 6.04. The van der Waals surface area contributed by atoms with Gasteiger partial charge in [-0.1, -0.05) is 36.5 Å². The average molecular weight is 175 g/mol. The summed E-state index contributed by atoms with van der Waals surface area (Å²) in [5.74, 6) is 1.20. The highest BCUT2D eigenvalue weighted by Gasteiger charge is 2.23. The summed E-state index contributed by atoms with van der Waals surface area (Å²) >= 11 is 0. The van der Waals surface area contributed by atoms with Crippen molar-refractivity contribution in [2.24, 2.45) is 17.6 Å². The summed E-state index contributed by atoms with van der Waals surface area (Å²) in [6.45, 7) is 0. The highest BCUT2D eigenvalue weighted by atomic mass is 14.6. The van der Waals surface area contributed by atoms with Gasteiger partial charge in [-0.05, 0) is 25.2 Å². The molecule has 2 rings (SSSR count). The quantitative estimate of drug-likeness (QED) is 0.608. The van der Waals surface area contributed by atoms with E-state index in [4.69, 9.17) is 5.73 Å². The predicted molar refractivity (Wildman–Crippen MR) is 56.2 cm³/mol. The van der Waals surface area contributed by atoms with Crippen LogP contribution >= 0.6 is 0 Å². The summed E-state index contributed by atoms with van der Waals surface area (Å²) in [6, 6.07) is 0.220. The van der Waals surface area contributed by atoms with Gasteiger partial charge in [-0.25, -0.2) is 0 Å². The van der Waals surface area contributed by atoms with Gasteiger partial charge < -0.3 is 5.73 Å². The second-order valence-corrected chi connectivity index (χ2v) is 3.95. The zero-order valence-corrected chi connectivity index (χ0v) is 7.89. The van der Waals surface area contributed by atoms with Crippen LogP contribution in [-0.4, -0.2) is 6.04 Å². The Kier molecular flexibility index (Phi) is 2.65. The second kappa shape index (κ2) is 3.93. The van der Waals surface area contributed by atoms with E-state index in [1.807, 2.05) is 6.08 Å². The van der Waals surface area contributed by atoms with Crippen molar-refractivity contribution >= 4 is 0 Å². The van der Waals surface area contributed by atoms with Crippen LogP contribution in [0.15, 0.2) is 36.5 Å². The highest BCUT2D eigenvalue weighted by molar-refractivity contribution is 5.19. The minimum atomic E-state index is 0.220. The van der Waals surface area contributed by atoms with Crippen molar-refractivity contribution in [3.8, 4) is 0 Å². The van der Waals surface area contributed by atoms with E-state index < -0.39 is 0 Å². The van der Waals surface area contributed by atoms with Crippen molar-refractivity contribution in [2.75, 3.05) is 0 Å². The van der Waals surface area contributed by atoms with Crippen LogP contribution < -0.4 is 5.73 Å². The fourth-order valence-electron chi connectivity index (χ4n) is 2.23. The summed E-state index contributed by atoms with van der Waals surface area (Å²) in [5, 5.41) is 0. The van der Waals surface area contributed by atoms with E-state index in [1.165, 1.54) is 19.3 Å². The van der Waals surface area contributed by atoms with Gasteiger partial charge in [0.2, 0.25) is 0 Å². The molecule has 0 radical (unpaired) electrons. The normalized spacial score (nSPS) is 38.1. The van der Waals surface area contributed by atoms with Gasteiger partial charge in [-0.3, -0.25) is 0 Å². The zero-order valence-electron chi connectivity index (χ0n) is 7.89. The molecule has 2 aliphatic carbocycles. The summed E-state index contributed by atoms with van der Waals surface area (Å²) in [6.07, 6.45) is 17.0. The summed E-state index contributed by atoms with van der Waals surface area (Å²) in [5.41, 5.74) is 6.04. The smallest absolute Gasteiger partial charge is 0.0296 e. The molecule has 2 aliphatic rings. The SMILES string of the molecule is NC1C=CC=CC1[C@@H]1C=CCCC1. The first-order chi connectivity index (χ1) is 6.38. The Bertz CT molecular complexity index is 250. The second-order valence-electron chi connectivity index (χ2n) is 3.95. The minimum Gasteiger partial charge on any atom is -0.324 e. The van der Waals surface area contributed by atoms with E-state index in [-0.39, 0.29) is 6.04 Å². The van der Waals surface area contributed by atoms with Crippen LogP contribution in [0.2, 0.25) is 0 Å². The van der Waals surface area contributed by atoms with Crippen molar-refractivity contribution < 1.29 is 0 Å². The lowest BCUT2D eigenvalue weighted by Crippen LogP contribution is -2.33. The molecule has 0 aromatic rings. The predicted octanol–water partition coefficient (Wildman–Crippen LogP) is 2.41. The number of rotatable bonds is 1. The van der Waals surface area contributed by atoms with E-state index in [9.17, 15) is 0 Å². The summed E-state index contributed by atoms with van der Waals surface area (Å²) in [7, 11) is 0. The van der Waals surface area contributed by atoms with Gasteiger partial charge in [0, 0.05) is 12.0 Å². The molecule has 2 N–H and O–H groups in total. The van der Waals surface area contributed by atoms with Crippen LogP contribution in [0.5, 0.6) is 0 Å². The molecule has 0 aromatic heterocycles. The number of nitrogens with two attached hydrogens (primary N) is 1. The first-order valence-corrected chi connectivity index (χ1v) is 5.15. The van der Waals surface area contributed by atoms with Crippen LogP contribution in [0.4, 0.5) is 0 Å². The molecule has 0 fully saturated rings. The van der Waals surface area contributed by atoms with Crippen molar-refractivity contribution in [3.05, 3.63) is 36.5 Å². The molecular formula is C12H17N. The fraction of sp³-hybridized carbons (Fsp3) is 0.500. The van der Waals surface area contributed by atoms with Crippen molar-refractivity contribution in [1.82, 2.24) is 0 Å². The third-order valence-electron chi connectivity index (χ3n) is 3.01. The molecular weight excluding hydrogens is 158 g/mol. The Labute approximate surface area is 80.0 Å². The van der Waals surface area contributed by atoms with E-state index >= 15 is 0 Å². The molecule has 70 valence electrons. The molecule has 2 unspecified atom stereocenters. The molecule has 1 heteroatoms.